The van der Waals surface area contributed by atoms with Gasteiger partial charge in [0.05, 0.1) is 11.9 Å². The number of nitrogens with one attached hydrogen (secondary N) is 1. The van der Waals surface area contributed by atoms with Gasteiger partial charge in [-0.2, -0.15) is 0 Å². The van der Waals surface area contributed by atoms with E-state index in [4.69, 9.17) is 15.9 Å². The quantitative estimate of drug-likeness (QED) is 0.599. The second-order valence-electron chi connectivity index (χ2n) is 8.92. The van der Waals surface area contributed by atoms with E-state index < -0.39 is 0 Å². The summed E-state index contributed by atoms with van der Waals surface area (Å²) < 4.78 is 5.67. The first-order chi connectivity index (χ1) is 14.5. The number of amides is 1. The molecule has 156 valence electrons. The number of anilines is 2. The summed E-state index contributed by atoms with van der Waals surface area (Å²) in [4.78, 5) is 21.9. The molecular weight excluding hydrogens is 378 g/mol. The van der Waals surface area contributed by atoms with Crippen LogP contribution in [0.5, 0.6) is 0 Å². The molecule has 5 rings (SSSR count). The summed E-state index contributed by atoms with van der Waals surface area (Å²) >= 11 is 0. The fourth-order valence-electron chi connectivity index (χ4n) is 4.83. The van der Waals surface area contributed by atoms with Gasteiger partial charge in [-0.1, -0.05) is 6.92 Å². The Balaban J connectivity index is 1.44. The summed E-state index contributed by atoms with van der Waals surface area (Å²) in [5, 5.41) is 3.00. The molecule has 0 spiro atoms. The molecule has 0 bridgehead atoms. The minimum Gasteiger partial charge on any atom is -0.438 e. The van der Waals surface area contributed by atoms with Crippen LogP contribution in [0.15, 0.2) is 35.1 Å². The van der Waals surface area contributed by atoms with Crippen LogP contribution in [-0.2, 0) is 0 Å². The number of carbonyl (C=O) groups excluding carboxylic acids is 1. The number of nitrogens with two attached hydrogens (primary N) is 2. The number of nitrogens with zero attached hydrogens (tertiary/aromatic N) is 2. The molecule has 30 heavy (non-hydrogen) atoms. The summed E-state index contributed by atoms with van der Waals surface area (Å²) in [6, 6.07) is 4.10. The molecule has 0 saturated heterocycles. The van der Waals surface area contributed by atoms with Crippen molar-refractivity contribution in [3.8, 4) is 0 Å². The lowest BCUT2D eigenvalue weighted by molar-refractivity contribution is 0.102. The Morgan fingerprint density at radius 2 is 2.03 bits per heavy atom. The van der Waals surface area contributed by atoms with Crippen LogP contribution in [0.4, 0.5) is 11.6 Å². The summed E-state index contributed by atoms with van der Waals surface area (Å²) in [5.74, 6) is 1.14. The van der Waals surface area contributed by atoms with Crippen LogP contribution >= 0.6 is 0 Å². The van der Waals surface area contributed by atoms with Crippen LogP contribution in [0, 0.1) is 5.92 Å². The SMILES string of the molecule is C[C@H]1CC(N)CC(c2ccncc2NC(=O)c2c(N)oc3cc(C4CC4)cnc23)C1. The highest BCUT2D eigenvalue weighted by molar-refractivity contribution is 6.14. The maximum Gasteiger partial charge on any atom is 0.263 e. The number of rotatable bonds is 4. The minimum absolute atomic E-state index is 0.0849. The van der Waals surface area contributed by atoms with E-state index in [1.54, 1.807) is 12.4 Å². The molecule has 7 heteroatoms. The fraction of sp³-hybridized carbons (Fsp3) is 0.435. The topological polar surface area (TPSA) is 120 Å². The second kappa shape index (κ2) is 7.40. The van der Waals surface area contributed by atoms with E-state index in [0.717, 1.165) is 30.4 Å². The van der Waals surface area contributed by atoms with Crippen LogP contribution in [0.3, 0.4) is 0 Å². The van der Waals surface area contributed by atoms with Crippen LogP contribution < -0.4 is 16.8 Å². The summed E-state index contributed by atoms with van der Waals surface area (Å²) in [5.41, 5.74) is 16.5. The third kappa shape index (κ3) is 3.54. The number of furan rings is 1. The highest BCUT2D eigenvalue weighted by Gasteiger charge is 2.29. The molecule has 3 aromatic heterocycles. The van der Waals surface area contributed by atoms with Crippen molar-refractivity contribution in [2.45, 2.75) is 56.9 Å². The molecule has 3 atom stereocenters. The first-order valence-electron chi connectivity index (χ1n) is 10.7. The monoisotopic (exact) mass is 405 g/mol. The van der Waals surface area contributed by atoms with Crippen molar-refractivity contribution in [3.05, 3.63) is 47.4 Å². The highest BCUT2D eigenvalue weighted by atomic mass is 16.3. The van der Waals surface area contributed by atoms with E-state index in [-0.39, 0.29) is 23.4 Å². The first-order valence-corrected chi connectivity index (χ1v) is 10.7. The van der Waals surface area contributed by atoms with Gasteiger partial charge in [-0.25, -0.2) is 0 Å². The molecule has 2 aliphatic rings. The van der Waals surface area contributed by atoms with Gasteiger partial charge in [-0.15, -0.1) is 0 Å². The van der Waals surface area contributed by atoms with Crippen LogP contribution in [0.1, 0.15) is 72.3 Å². The Kier molecular flexibility index (Phi) is 4.70. The molecule has 0 radical (unpaired) electrons. The van der Waals surface area contributed by atoms with Crippen molar-refractivity contribution < 1.29 is 9.21 Å². The Morgan fingerprint density at radius 1 is 1.20 bits per heavy atom. The number of nitrogen functional groups attached to an aromatic ring is 1. The second-order valence-corrected chi connectivity index (χ2v) is 8.92. The van der Waals surface area contributed by atoms with Gasteiger partial charge in [0, 0.05) is 18.4 Å². The minimum atomic E-state index is -0.333. The first kappa shape index (κ1) is 19.1. The largest absolute Gasteiger partial charge is 0.438 e. The van der Waals surface area contributed by atoms with E-state index in [1.807, 2.05) is 18.3 Å². The molecule has 0 aliphatic heterocycles. The van der Waals surface area contributed by atoms with Crippen molar-refractivity contribution in [1.82, 2.24) is 9.97 Å². The summed E-state index contributed by atoms with van der Waals surface area (Å²) in [6.45, 7) is 2.23. The molecule has 0 aromatic carbocycles. The zero-order valence-corrected chi connectivity index (χ0v) is 17.1. The van der Waals surface area contributed by atoms with E-state index in [2.05, 4.69) is 22.2 Å². The lowest BCUT2D eigenvalue weighted by Crippen LogP contribution is -2.31. The number of hydrogen-bond donors (Lipinski definition) is 3. The van der Waals surface area contributed by atoms with Gasteiger partial charge in [0.2, 0.25) is 5.88 Å². The molecule has 3 heterocycles. The smallest absolute Gasteiger partial charge is 0.263 e. The molecule has 5 N–H and O–H groups in total. The Labute approximate surface area is 175 Å². The van der Waals surface area contributed by atoms with Crippen LogP contribution in [0.25, 0.3) is 11.1 Å². The zero-order valence-electron chi connectivity index (χ0n) is 17.1. The molecular formula is C23H27N5O2. The normalized spacial score (nSPS) is 24.1. The average molecular weight is 406 g/mol. The predicted molar refractivity (Wildman–Crippen MR) is 116 cm³/mol. The van der Waals surface area contributed by atoms with Crippen LogP contribution in [0.2, 0.25) is 0 Å². The zero-order chi connectivity index (χ0) is 20.8. The molecule has 1 amide bonds. The number of hydrogen-bond acceptors (Lipinski definition) is 6. The molecule has 2 unspecified atom stereocenters. The lowest BCUT2D eigenvalue weighted by atomic mass is 9.76. The number of fused-ring (bicyclic) bond motifs is 1. The summed E-state index contributed by atoms with van der Waals surface area (Å²) in [6.07, 6.45) is 10.6. The number of aromatic nitrogens is 2. The standard InChI is InChI=1S/C23H27N5O2/c1-12-6-14(8-16(24)7-12)17-4-5-26-11-18(17)28-23(29)20-21-19(30-22(20)25)9-15(10-27-21)13-2-3-13/h4-5,9-14,16H,2-3,6-8,24-25H2,1H3,(H,28,29)/t12-,14?,16?/m1/s1. The number of pyridine rings is 2. The van der Waals surface area contributed by atoms with Crippen molar-refractivity contribution >= 4 is 28.6 Å². The summed E-state index contributed by atoms with van der Waals surface area (Å²) in [7, 11) is 0. The molecule has 3 aromatic rings. The highest BCUT2D eigenvalue weighted by Crippen LogP contribution is 2.42. The van der Waals surface area contributed by atoms with E-state index in [1.165, 1.54) is 12.8 Å². The van der Waals surface area contributed by atoms with Gasteiger partial charge in [0.15, 0.2) is 5.58 Å². The van der Waals surface area contributed by atoms with Gasteiger partial charge < -0.3 is 21.2 Å². The Morgan fingerprint density at radius 3 is 2.80 bits per heavy atom. The van der Waals surface area contributed by atoms with Crippen LogP contribution in [-0.4, -0.2) is 21.9 Å². The Hall–Kier alpha value is -2.93. The molecule has 2 saturated carbocycles. The maximum atomic E-state index is 13.2. The lowest BCUT2D eigenvalue weighted by Gasteiger charge is -2.32. The molecule has 2 aliphatic carbocycles. The molecule has 2 fully saturated rings. The van der Waals surface area contributed by atoms with Crippen molar-refractivity contribution in [1.29, 1.82) is 0 Å². The maximum absolute atomic E-state index is 13.2. The number of carbonyl (C=O) groups is 1. The van der Waals surface area contributed by atoms with Crippen molar-refractivity contribution in [3.63, 3.8) is 0 Å². The third-order valence-electron chi connectivity index (χ3n) is 6.37. The van der Waals surface area contributed by atoms with Crippen molar-refractivity contribution in [2.24, 2.45) is 11.7 Å². The van der Waals surface area contributed by atoms with Gasteiger partial charge in [0.25, 0.3) is 5.91 Å². The predicted octanol–water partition coefficient (Wildman–Crippen LogP) is 4.17. The average Bonchev–Trinajstić information content (AvgIpc) is 3.49. The van der Waals surface area contributed by atoms with Gasteiger partial charge in [-0.3, -0.25) is 14.8 Å². The van der Waals surface area contributed by atoms with Gasteiger partial charge >= 0.3 is 0 Å². The fourth-order valence-corrected chi connectivity index (χ4v) is 4.83. The van der Waals surface area contributed by atoms with Gasteiger partial charge in [-0.05, 0) is 73.1 Å². The van der Waals surface area contributed by atoms with Crippen molar-refractivity contribution in [2.75, 3.05) is 11.1 Å². The Bertz CT molecular complexity index is 1090. The van der Waals surface area contributed by atoms with E-state index in [0.29, 0.717) is 34.5 Å². The van der Waals surface area contributed by atoms with E-state index >= 15 is 0 Å². The molecule has 7 nitrogen and oxygen atoms in total. The third-order valence-corrected chi connectivity index (χ3v) is 6.37. The van der Waals surface area contributed by atoms with E-state index in [9.17, 15) is 4.79 Å². The van der Waals surface area contributed by atoms with Gasteiger partial charge in [0.1, 0.15) is 11.1 Å².